The van der Waals surface area contributed by atoms with Crippen LogP contribution in [-0.4, -0.2) is 41.6 Å². The lowest BCUT2D eigenvalue weighted by Crippen LogP contribution is -2.48. The van der Waals surface area contributed by atoms with Gasteiger partial charge in [-0.2, -0.15) is 0 Å². The number of rotatable bonds is 9. The van der Waals surface area contributed by atoms with Crippen LogP contribution in [0.25, 0.3) is 0 Å². The SMILES string of the molecule is C=CCCC(=O)N1CCCC(c2cccc(C(=O)NC(C(=O)C(C)C)C3CCCCC3)c2F)C1. The highest BCUT2D eigenvalue weighted by Gasteiger charge is 2.33. The van der Waals surface area contributed by atoms with Crippen LogP contribution in [-0.2, 0) is 9.59 Å². The maximum absolute atomic E-state index is 15.6. The maximum Gasteiger partial charge on any atom is 0.254 e. The molecule has 34 heavy (non-hydrogen) atoms. The summed E-state index contributed by atoms with van der Waals surface area (Å²) in [6, 6.07) is 4.32. The Labute approximate surface area is 203 Å². The molecule has 2 unspecified atom stereocenters. The number of Topliss-reactive ketones (excluding diaryl/α,β-unsaturated/α-hetero) is 1. The molecule has 5 nitrogen and oxygen atoms in total. The summed E-state index contributed by atoms with van der Waals surface area (Å²) in [4.78, 5) is 40.4. The molecule has 1 saturated heterocycles. The lowest BCUT2D eigenvalue weighted by Gasteiger charge is -2.33. The van der Waals surface area contributed by atoms with Crippen molar-refractivity contribution in [1.29, 1.82) is 0 Å². The summed E-state index contributed by atoms with van der Waals surface area (Å²) in [6.45, 7) is 8.49. The first-order valence-corrected chi connectivity index (χ1v) is 12.8. The van der Waals surface area contributed by atoms with Crippen LogP contribution >= 0.6 is 0 Å². The minimum atomic E-state index is -0.580. The van der Waals surface area contributed by atoms with Crippen molar-refractivity contribution in [2.24, 2.45) is 11.8 Å². The molecule has 0 radical (unpaired) electrons. The first-order chi connectivity index (χ1) is 16.3. The van der Waals surface area contributed by atoms with Crippen molar-refractivity contribution in [3.8, 4) is 0 Å². The fraction of sp³-hybridized carbons (Fsp3) is 0.607. The zero-order chi connectivity index (χ0) is 24.7. The lowest BCUT2D eigenvalue weighted by atomic mass is 9.80. The van der Waals surface area contributed by atoms with E-state index in [4.69, 9.17) is 0 Å². The molecule has 2 atom stereocenters. The Balaban J connectivity index is 1.77. The van der Waals surface area contributed by atoms with Gasteiger partial charge in [0.15, 0.2) is 5.78 Å². The third kappa shape index (κ3) is 6.34. The van der Waals surface area contributed by atoms with Crippen LogP contribution < -0.4 is 5.32 Å². The predicted octanol–water partition coefficient (Wildman–Crippen LogP) is 5.40. The van der Waals surface area contributed by atoms with Gasteiger partial charge in [0.05, 0.1) is 11.6 Å². The zero-order valence-electron chi connectivity index (χ0n) is 20.7. The highest BCUT2D eigenvalue weighted by molar-refractivity contribution is 5.98. The lowest BCUT2D eigenvalue weighted by molar-refractivity contribution is -0.132. The largest absolute Gasteiger partial charge is 0.342 e. The third-order valence-electron chi connectivity index (χ3n) is 7.33. The Morgan fingerprint density at radius 3 is 2.56 bits per heavy atom. The molecule has 1 aromatic rings. The van der Waals surface area contributed by atoms with Gasteiger partial charge in [-0.1, -0.05) is 51.3 Å². The zero-order valence-corrected chi connectivity index (χ0v) is 20.7. The van der Waals surface area contributed by atoms with Crippen molar-refractivity contribution >= 4 is 17.6 Å². The summed E-state index contributed by atoms with van der Waals surface area (Å²) in [6.07, 6.45) is 9.40. The van der Waals surface area contributed by atoms with Crippen LogP contribution in [0.15, 0.2) is 30.9 Å². The number of carbonyl (C=O) groups is 3. The number of nitrogens with one attached hydrogen (secondary N) is 1. The minimum Gasteiger partial charge on any atom is -0.342 e. The number of hydrogen-bond acceptors (Lipinski definition) is 3. The van der Waals surface area contributed by atoms with E-state index in [1.165, 1.54) is 6.07 Å². The summed E-state index contributed by atoms with van der Waals surface area (Å²) < 4.78 is 15.6. The summed E-state index contributed by atoms with van der Waals surface area (Å²) in [5.74, 6) is -1.24. The Morgan fingerprint density at radius 2 is 1.88 bits per heavy atom. The van der Waals surface area contributed by atoms with Gasteiger partial charge in [-0.25, -0.2) is 4.39 Å². The number of nitrogens with zero attached hydrogens (tertiary/aromatic N) is 1. The number of hydrogen-bond donors (Lipinski definition) is 1. The molecule has 0 spiro atoms. The second-order valence-electron chi connectivity index (χ2n) is 10.1. The van der Waals surface area contributed by atoms with Gasteiger partial charge in [0, 0.05) is 31.3 Å². The van der Waals surface area contributed by atoms with Gasteiger partial charge in [0.25, 0.3) is 5.91 Å². The molecule has 0 aromatic heterocycles. The van der Waals surface area contributed by atoms with E-state index >= 15 is 4.39 Å². The van der Waals surface area contributed by atoms with Crippen molar-refractivity contribution in [3.05, 3.63) is 47.8 Å². The van der Waals surface area contributed by atoms with E-state index in [0.717, 1.165) is 44.9 Å². The number of carbonyl (C=O) groups excluding carboxylic acids is 3. The van der Waals surface area contributed by atoms with Crippen LogP contribution in [0.1, 0.15) is 93.5 Å². The van der Waals surface area contributed by atoms with Crippen LogP contribution in [0.5, 0.6) is 0 Å². The molecule has 1 N–H and O–H groups in total. The summed E-state index contributed by atoms with van der Waals surface area (Å²) >= 11 is 0. The highest BCUT2D eigenvalue weighted by atomic mass is 19.1. The average Bonchev–Trinajstić information content (AvgIpc) is 2.85. The van der Waals surface area contributed by atoms with E-state index in [1.54, 1.807) is 23.1 Å². The van der Waals surface area contributed by atoms with Crippen molar-refractivity contribution in [2.45, 2.75) is 83.6 Å². The van der Waals surface area contributed by atoms with E-state index in [-0.39, 0.29) is 35.0 Å². The number of allylic oxidation sites excluding steroid dienone is 1. The highest BCUT2D eigenvalue weighted by Crippen LogP contribution is 2.31. The molecule has 1 aromatic carbocycles. The number of piperidine rings is 1. The Morgan fingerprint density at radius 1 is 1.15 bits per heavy atom. The molecule has 1 aliphatic carbocycles. The van der Waals surface area contributed by atoms with E-state index < -0.39 is 17.8 Å². The number of ketones is 1. The van der Waals surface area contributed by atoms with Gasteiger partial charge in [0.1, 0.15) is 5.82 Å². The second-order valence-corrected chi connectivity index (χ2v) is 10.1. The number of halogens is 1. The van der Waals surface area contributed by atoms with Gasteiger partial charge in [-0.15, -0.1) is 6.58 Å². The normalized spacial score (nSPS) is 20.1. The smallest absolute Gasteiger partial charge is 0.254 e. The molecule has 2 aliphatic rings. The molecule has 2 fully saturated rings. The van der Waals surface area contributed by atoms with Crippen molar-refractivity contribution in [1.82, 2.24) is 10.2 Å². The summed E-state index contributed by atoms with van der Waals surface area (Å²) in [5, 5.41) is 2.90. The van der Waals surface area contributed by atoms with Crippen LogP contribution in [0.4, 0.5) is 4.39 Å². The number of benzene rings is 1. The van der Waals surface area contributed by atoms with Crippen LogP contribution in [0, 0.1) is 17.7 Å². The first-order valence-electron chi connectivity index (χ1n) is 12.8. The van der Waals surface area contributed by atoms with E-state index in [2.05, 4.69) is 11.9 Å². The average molecular weight is 471 g/mol. The Bertz CT molecular complexity index is 892. The van der Waals surface area contributed by atoms with Crippen molar-refractivity contribution < 1.29 is 18.8 Å². The monoisotopic (exact) mass is 470 g/mol. The molecular formula is C28H39FN2O3. The van der Waals surface area contributed by atoms with Crippen LogP contribution in [0.2, 0.25) is 0 Å². The van der Waals surface area contributed by atoms with Crippen LogP contribution in [0.3, 0.4) is 0 Å². The molecule has 0 bridgehead atoms. The van der Waals surface area contributed by atoms with Gasteiger partial charge in [0.2, 0.25) is 5.91 Å². The van der Waals surface area contributed by atoms with E-state index in [1.807, 2.05) is 13.8 Å². The molecular weight excluding hydrogens is 431 g/mol. The fourth-order valence-electron chi connectivity index (χ4n) is 5.35. The quantitative estimate of drug-likeness (QED) is 0.491. The van der Waals surface area contributed by atoms with Gasteiger partial charge < -0.3 is 10.2 Å². The molecule has 3 rings (SSSR count). The summed E-state index contributed by atoms with van der Waals surface area (Å²) in [7, 11) is 0. The molecule has 6 heteroatoms. The minimum absolute atomic E-state index is 0.0118. The Kier molecular flexibility index (Phi) is 9.43. The molecule has 1 aliphatic heterocycles. The molecule has 2 amide bonds. The van der Waals surface area contributed by atoms with E-state index in [9.17, 15) is 14.4 Å². The van der Waals surface area contributed by atoms with Gasteiger partial charge in [-0.05, 0) is 49.7 Å². The maximum atomic E-state index is 15.6. The second kappa shape index (κ2) is 12.3. The van der Waals surface area contributed by atoms with Gasteiger partial charge in [-0.3, -0.25) is 14.4 Å². The topological polar surface area (TPSA) is 66.5 Å². The Hall–Kier alpha value is -2.50. The molecule has 186 valence electrons. The predicted molar refractivity (Wildman–Crippen MR) is 132 cm³/mol. The van der Waals surface area contributed by atoms with E-state index in [0.29, 0.717) is 31.5 Å². The number of likely N-dealkylation sites (tertiary alicyclic amines) is 1. The standard InChI is InChI=1S/C28H39FN2O3/c1-4-5-16-24(32)31-17-10-13-21(18-31)22-14-9-15-23(25(22)29)28(34)30-26(27(33)19(2)3)20-11-7-6-8-12-20/h4,9,14-15,19-21,26H,1,5-8,10-13,16-18H2,2-3H3,(H,30,34). The van der Waals surface area contributed by atoms with Crippen molar-refractivity contribution in [2.75, 3.05) is 13.1 Å². The molecule has 1 heterocycles. The fourth-order valence-corrected chi connectivity index (χ4v) is 5.35. The first kappa shape index (κ1) is 26.1. The van der Waals surface area contributed by atoms with Gasteiger partial charge >= 0.3 is 0 Å². The number of amides is 2. The summed E-state index contributed by atoms with van der Waals surface area (Å²) in [5.41, 5.74) is 0.447. The molecule has 1 saturated carbocycles. The third-order valence-corrected chi connectivity index (χ3v) is 7.33. The van der Waals surface area contributed by atoms with Crippen molar-refractivity contribution in [3.63, 3.8) is 0 Å².